The van der Waals surface area contributed by atoms with Gasteiger partial charge in [0.2, 0.25) is 0 Å². The van der Waals surface area contributed by atoms with Crippen molar-refractivity contribution in [2.75, 3.05) is 6.61 Å². The van der Waals surface area contributed by atoms with Crippen LogP contribution in [0.25, 0.3) is 10.9 Å². The molecule has 0 unspecified atom stereocenters. The fourth-order valence-electron chi connectivity index (χ4n) is 1.58. The Balaban J connectivity index is 2.68. The molecule has 1 heterocycles. The zero-order chi connectivity index (χ0) is 13.3. The molecule has 0 amide bonds. The van der Waals surface area contributed by atoms with Gasteiger partial charge in [-0.2, -0.15) is 9.78 Å². The lowest BCUT2D eigenvalue weighted by atomic mass is 10.2. The van der Waals surface area contributed by atoms with E-state index in [1.807, 2.05) is 0 Å². The summed E-state index contributed by atoms with van der Waals surface area (Å²) in [4.78, 5) is 22.7. The summed E-state index contributed by atoms with van der Waals surface area (Å²) in [5, 5.41) is 13.2. The Morgan fingerprint density at radius 1 is 1.50 bits per heavy atom. The normalized spacial score (nSPS) is 10.6. The van der Waals surface area contributed by atoms with E-state index in [1.165, 1.54) is 0 Å². The van der Waals surface area contributed by atoms with Gasteiger partial charge in [0, 0.05) is 9.86 Å². The highest BCUT2D eigenvalue weighted by atomic mass is 79.9. The van der Waals surface area contributed by atoms with Crippen molar-refractivity contribution >= 4 is 38.9 Å². The van der Waals surface area contributed by atoms with Gasteiger partial charge in [0.25, 0.3) is 0 Å². The van der Waals surface area contributed by atoms with Crippen LogP contribution in [0.4, 0.5) is 4.79 Å². The monoisotopic (exact) mass is 312 g/mol. The Labute approximate surface area is 110 Å². The average molecular weight is 313 g/mol. The molecule has 2 rings (SSSR count). The van der Waals surface area contributed by atoms with Gasteiger partial charge in [0.05, 0.1) is 12.1 Å². The molecule has 0 aliphatic rings. The number of ether oxygens (including phenoxy) is 1. The molecule has 0 fully saturated rings. The molecule has 0 bridgehead atoms. The van der Waals surface area contributed by atoms with E-state index in [4.69, 9.17) is 9.84 Å². The number of carbonyl (C=O) groups excluding carboxylic acids is 1. The summed E-state index contributed by atoms with van der Waals surface area (Å²) in [6, 6.07) is 4.91. The summed E-state index contributed by atoms with van der Waals surface area (Å²) >= 11 is 3.24. The van der Waals surface area contributed by atoms with Crippen LogP contribution in [0.1, 0.15) is 17.4 Å². The van der Waals surface area contributed by atoms with Crippen molar-refractivity contribution in [1.29, 1.82) is 0 Å². The Hall–Kier alpha value is -1.89. The molecule has 0 radical (unpaired) electrons. The second-order valence-corrected chi connectivity index (χ2v) is 4.34. The molecule has 18 heavy (non-hydrogen) atoms. The topological polar surface area (TPSA) is 81.4 Å². The first-order chi connectivity index (χ1) is 8.54. The van der Waals surface area contributed by atoms with Crippen molar-refractivity contribution in [2.45, 2.75) is 6.92 Å². The van der Waals surface area contributed by atoms with Crippen molar-refractivity contribution < 1.29 is 19.4 Å². The van der Waals surface area contributed by atoms with Crippen LogP contribution in [0.3, 0.4) is 0 Å². The molecule has 94 valence electrons. The number of rotatable bonds is 2. The summed E-state index contributed by atoms with van der Waals surface area (Å²) < 4.78 is 6.30. The fraction of sp³-hybridized carbons (Fsp3) is 0.182. The zero-order valence-corrected chi connectivity index (χ0v) is 11.0. The average Bonchev–Trinajstić information content (AvgIpc) is 2.68. The van der Waals surface area contributed by atoms with Crippen molar-refractivity contribution in [3.05, 3.63) is 28.4 Å². The van der Waals surface area contributed by atoms with E-state index in [0.29, 0.717) is 15.4 Å². The molecule has 0 saturated heterocycles. The summed E-state index contributed by atoms with van der Waals surface area (Å²) in [5.74, 6) is -0.634. The van der Waals surface area contributed by atoms with E-state index in [0.717, 1.165) is 4.68 Å². The van der Waals surface area contributed by atoms with Crippen LogP contribution in [-0.4, -0.2) is 33.6 Å². The predicted octanol–water partition coefficient (Wildman–Crippen LogP) is 2.50. The predicted molar refractivity (Wildman–Crippen MR) is 66.8 cm³/mol. The number of hydrogen-bond donors (Lipinski definition) is 1. The van der Waals surface area contributed by atoms with Crippen molar-refractivity contribution in [2.24, 2.45) is 0 Å². The van der Waals surface area contributed by atoms with Gasteiger partial charge in [-0.25, -0.2) is 9.59 Å². The number of fused-ring (bicyclic) bond motifs is 1. The highest BCUT2D eigenvalue weighted by Crippen LogP contribution is 2.23. The van der Waals surface area contributed by atoms with Gasteiger partial charge in [0.1, 0.15) is 0 Å². The fourth-order valence-corrected chi connectivity index (χ4v) is 1.93. The standard InChI is InChI=1S/C11H9BrN2O4/c1-2-18-10(15)9-7-4-3-6(12)5-8(7)14(13-9)11(16)17/h3-5H,2H2,1H3,(H,16,17). The third-order valence-corrected chi connectivity index (χ3v) is 2.79. The highest BCUT2D eigenvalue weighted by molar-refractivity contribution is 9.10. The molecule has 0 spiro atoms. The third-order valence-electron chi connectivity index (χ3n) is 2.29. The molecule has 0 aliphatic heterocycles. The molecule has 7 heteroatoms. The van der Waals surface area contributed by atoms with Crippen LogP contribution < -0.4 is 0 Å². The number of nitrogens with zero attached hydrogens (tertiary/aromatic N) is 2. The van der Waals surface area contributed by atoms with Crippen LogP contribution in [0, 0.1) is 0 Å². The molecule has 1 aromatic heterocycles. The maximum absolute atomic E-state index is 11.7. The number of benzene rings is 1. The van der Waals surface area contributed by atoms with Gasteiger partial charge in [-0.15, -0.1) is 0 Å². The lowest BCUT2D eigenvalue weighted by molar-refractivity contribution is 0.0521. The van der Waals surface area contributed by atoms with Crippen LogP contribution >= 0.6 is 15.9 Å². The van der Waals surface area contributed by atoms with Crippen LogP contribution in [0.2, 0.25) is 0 Å². The van der Waals surface area contributed by atoms with Gasteiger partial charge in [-0.3, -0.25) is 0 Å². The largest absolute Gasteiger partial charge is 0.463 e. The lowest BCUT2D eigenvalue weighted by Gasteiger charge is -1.97. The molecule has 0 saturated carbocycles. The van der Waals surface area contributed by atoms with E-state index in [-0.39, 0.29) is 12.3 Å². The smallest absolute Gasteiger partial charge is 0.432 e. The van der Waals surface area contributed by atoms with E-state index >= 15 is 0 Å². The minimum atomic E-state index is -1.26. The number of halogens is 1. The quantitative estimate of drug-likeness (QED) is 0.862. The summed E-state index contributed by atoms with van der Waals surface area (Å²) in [5.41, 5.74) is 0.335. The maximum atomic E-state index is 11.7. The number of aromatic nitrogens is 2. The van der Waals surface area contributed by atoms with Gasteiger partial charge < -0.3 is 9.84 Å². The molecule has 1 aromatic carbocycles. The Morgan fingerprint density at radius 2 is 2.22 bits per heavy atom. The highest BCUT2D eigenvalue weighted by Gasteiger charge is 2.20. The van der Waals surface area contributed by atoms with Crippen LogP contribution in [-0.2, 0) is 4.74 Å². The number of carboxylic acid groups (broad SMARTS) is 1. The van der Waals surface area contributed by atoms with Gasteiger partial charge in [-0.1, -0.05) is 15.9 Å². The van der Waals surface area contributed by atoms with Crippen molar-refractivity contribution in [3.63, 3.8) is 0 Å². The number of hydrogen-bond acceptors (Lipinski definition) is 4. The molecular weight excluding hydrogens is 304 g/mol. The first-order valence-corrected chi connectivity index (χ1v) is 5.92. The second kappa shape index (κ2) is 4.77. The van der Waals surface area contributed by atoms with E-state index in [2.05, 4.69) is 21.0 Å². The SMILES string of the molecule is CCOC(=O)c1nn(C(=O)O)c2cc(Br)ccc12. The van der Waals surface area contributed by atoms with Gasteiger partial charge in [-0.05, 0) is 25.1 Å². The van der Waals surface area contributed by atoms with E-state index in [9.17, 15) is 9.59 Å². The van der Waals surface area contributed by atoms with Gasteiger partial charge >= 0.3 is 12.1 Å². The molecule has 6 nitrogen and oxygen atoms in total. The molecule has 2 aromatic rings. The Bertz CT molecular complexity index is 635. The minimum absolute atomic E-state index is 0.00162. The van der Waals surface area contributed by atoms with Crippen LogP contribution in [0.5, 0.6) is 0 Å². The van der Waals surface area contributed by atoms with E-state index in [1.54, 1.807) is 25.1 Å². The maximum Gasteiger partial charge on any atom is 0.432 e. The first-order valence-electron chi connectivity index (χ1n) is 5.13. The second-order valence-electron chi connectivity index (χ2n) is 3.42. The molecule has 1 N–H and O–H groups in total. The first kappa shape index (κ1) is 12.6. The van der Waals surface area contributed by atoms with E-state index < -0.39 is 12.1 Å². The molecular formula is C11H9BrN2O4. The summed E-state index contributed by atoms with van der Waals surface area (Å²) in [7, 11) is 0. The molecule has 0 atom stereocenters. The van der Waals surface area contributed by atoms with Crippen molar-refractivity contribution in [1.82, 2.24) is 9.78 Å². The van der Waals surface area contributed by atoms with Crippen LogP contribution in [0.15, 0.2) is 22.7 Å². The Morgan fingerprint density at radius 3 is 2.83 bits per heavy atom. The summed E-state index contributed by atoms with van der Waals surface area (Å²) in [6.45, 7) is 1.88. The minimum Gasteiger partial charge on any atom is -0.463 e. The zero-order valence-electron chi connectivity index (χ0n) is 9.38. The molecule has 0 aliphatic carbocycles. The lowest BCUT2D eigenvalue weighted by Crippen LogP contribution is -2.12. The third kappa shape index (κ3) is 2.08. The number of carbonyl (C=O) groups is 2. The number of esters is 1. The van der Waals surface area contributed by atoms with Crippen molar-refractivity contribution in [3.8, 4) is 0 Å². The summed E-state index contributed by atoms with van der Waals surface area (Å²) in [6.07, 6.45) is -1.26. The Kier molecular flexibility index (Phi) is 3.33. The van der Waals surface area contributed by atoms with Gasteiger partial charge in [0.15, 0.2) is 5.69 Å².